The number of fused-ring (bicyclic) bond motifs is 1. The molecule has 2 atom stereocenters. The smallest absolute Gasteiger partial charge is 0.411 e. The number of ether oxygens (including phenoxy) is 1. The number of nitrogens with zero attached hydrogens (tertiary/aromatic N) is 1. The first-order valence-corrected chi connectivity index (χ1v) is 8.07. The van der Waals surface area contributed by atoms with Crippen LogP contribution in [-0.4, -0.2) is 36.2 Å². The molecule has 2 aliphatic heterocycles. The molecule has 1 aromatic rings. The zero-order valence-electron chi connectivity index (χ0n) is 12.1. The second-order valence-corrected chi connectivity index (χ2v) is 6.26. The number of piperidine rings is 2. The van der Waals surface area contributed by atoms with Crippen molar-refractivity contribution in [2.24, 2.45) is 0 Å². The molecule has 4 nitrogen and oxygen atoms in total. The standard InChI is InChI=1S/C16H21ClN2O2/c17-12-5-3-6-13(11-12)18-16(20)21-15-8-4-10-19-9-2-1-7-14(15)19/h3,5-6,11,14-15H,1-2,4,7-10H2,(H,18,20). The van der Waals surface area contributed by atoms with Crippen LogP contribution >= 0.6 is 11.6 Å². The van der Waals surface area contributed by atoms with Crippen molar-refractivity contribution >= 4 is 23.4 Å². The van der Waals surface area contributed by atoms with E-state index in [1.165, 1.54) is 12.8 Å². The van der Waals surface area contributed by atoms with Crippen molar-refractivity contribution in [1.29, 1.82) is 0 Å². The zero-order chi connectivity index (χ0) is 14.7. The van der Waals surface area contributed by atoms with Gasteiger partial charge in [-0.2, -0.15) is 0 Å². The van der Waals surface area contributed by atoms with Crippen molar-refractivity contribution in [3.63, 3.8) is 0 Å². The van der Waals surface area contributed by atoms with Crippen LogP contribution in [0.5, 0.6) is 0 Å². The molecular formula is C16H21ClN2O2. The Morgan fingerprint density at radius 2 is 2.10 bits per heavy atom. The largest absolute Gasteiger partial charge is 0.444 e. The minimum absolute atomic E-state index is 0.0123. The molecule has 2 heterocycles. The highest BCUT2D eigenvalue weighted by atomic mass is 35.5. The summed E-state index contributed by atoms with van der Waals surface area (Å²) in [7, 11) is 0. The molecule has 2 saturated heterocycles. The topological polar surface area (TPSA) is 41.6 Å². The number of hydrogen-bond acceptors (Lipinski definition) is 3. The summed E-state index contributed by atoms with van der Waals surface area (Å²) in [6, 6.07) is 7.51. The van der Waals surface area contributed by atoms with Gasteiger partial charge in [0.05, 0.1) is 0 Å². The number of benzene rings is 1. The summed E-state index contributed by atoms with van der Waals surface area (Å²) < 4.78 is 5.67. The predicted octanol–water partition coefficient (Wildman–Crippen LogP) is 3.91. The molecule has 2 fully saturated rings. The Kier molecular flexibility index (Phi) is 4.66. The molecule has 2 unspecified atom stereocenters. The Morgan fingerprint density at radius 3 is 2.95 bits per heavy atom. The second-order valence-electron chi connectivity index (χ2n) is 5.82. The number of nitrogens with one attached hydrogen (secondary N) is 1. The molecule has 0 bridgehead atoms. The maximum absolute atomic E-state index is 12.1. The number of carbonyl (C=O) groups is 1. The van der Waals surface area contributed by atoms with E-state index >= 15 is 0 Å². The van der Waals surface area contributed by atoms with E-state index in [9.17, 15) is 4.79 Å². The molecule has 5 heteroatoms. The maximum atomic E-state index is 12.1. The van der Waals surface area contributed by atoms with Crippen LogP contribution < -0.4 is 5.32 Å². The molecule has 2 aliphatic rings. The average Bonchev–Trinajstić information content (AvgIpc) is 2.47. The van der Waals surface area contributed by atoms with E-state index in [-0.39, 0.29) is 12.2 Å². The van der Waals surface area contributed by atoms with Crippen LogP contribution in [0.3, 0.4) is 0 Å². The summed E-state index contributed by atoms with van der Waals surface area (Å²) in [5.74, 6) is 0. The molecule has 0 saturated carbocycles. The van der Waals surface area contributed by atoms with E-state index in [1.54, 1.807) is 24.3 Å². The summed E-state index contributed by atoms with van der Waals surface area (Å²) >= 11 is 5.91. The molecule has 3 rings (SSSR count). The fourth-order valence-corrected chi connectivity index (χ4v) is 3.58. The minimum Gasteiger partial charge on any atom is -0.444 e. The molecule has 1 amide bonds. The Balaban J connectivity index is 1.58. The average molecular weight is 309 g/mol. The van der Waals surface area contributed by atoms with E-state index in [0.717, 1.165) is 32.4 Å². The van der Waals surface area contributed by atoms with Gasteiger partial charge in [-0.05, 0) is 57.0 Å². The molecule has 1 aromatic carbocycles. The fourth-order valence-electron chi connectivity index (χ4n) is 3.39. The summed E-state index contributed by atoms with van der Waals surface area (Å²) in [6.07, 6.45) is 5.33. The van der Waals surface area contributed by atoms with Crippen molar-refractivity contribution in [2.45, 2.75) is 44.2 Å². The van der Waals surface area contributed by atoms with Gasteiger partial charge in [-0.15, -0.1) is 0 Å². The summed E-state index contributed by atoms with van der Waals surface area (Å²) in [6.45, 7) is 2.28. The van der Waals surface area contributed by atoms with E-state index in [2.05, 4.69) is 10.2 Å². The number of rotatable bonds is 2. The van der Waals surface area contributed by atoms with Gasteiger partial charge in [0.25, 0.3) is 0 Å². The van der Waals surface area contributed by atoms with Crippen LogP contribution in [0.15, 0.2) is 24.3 Å². The first kappa shape index (κ1) is 14.7. The van der Waals surface area contributed by atoms with Crippen LogP contribution in [0.1, 0.15) is 32.1 Å². The zero-order valence-corrected chi connectivity index (χ0v) is 12.8. The minimum atomic E-state index is -0.380. The molecule has 1 N–H and O–H groups in total. The van der Waals surface area contributed by atoms with Crippen LogP contribution in [0.4, 0.5) is 10.5 Å². The van der Waals surface area contributed by atoms with Crippen molar-refractivity contribution in [3.05, 3.63) is 29.3 Å². The molecule has 0 radical (unpaired) electrons. The third kappa shape index (κ3) is 3.69. The number of halogens is 1. The third-order valence-corrected chi connectivity index (χ3v) is 4.59. The Hall–Kier alpha value is -1.26. The monoisotopic (exact) mass is 308 g/mol. The molecule has 114 valence electrons. The summed E-state index contributed by atoms with van der Waals surface area (Å²) in [5.41, 5.74) is 0.670. The van der Waals surface area contributed by atoms with Gasteiger partial charge < -0.3 is 4.74 Å². The first-order chi connectivity index (χ1) is 10.2. The maximum Gasteiger partial charge on any atom is 0.411 e. The van der Waals surface area contributed by atoms with Crippen LogP contribution in [0, 0.1) is 0 Å². The molecular weight excluding hydrogens is 288 g/mol. The number of anilines is 1. The number of amides is 1. The van der Waals surface area contributed by atoms with Gasteiger partial charge in [0, 0.05) is 16.8 Å². The van der Waals surface area contributed by atoms with Crippen molar-refractivity contribution in [1.82, 2.24) is 4.90 Å². The molecule has 0 spiro atoms. The molecule has 0 aromatic heterocycles. The quantitative estimate of drug-likeness (QED) is 0.900. The van der Waals surface area contributed by atoms with Crippen molar-refractivity contribution in [2.75, 3.05) is 18.4 Å². The van der Waals surface area contributed by atoms with Crippen LogP contribution in [0.2, 0.25) is 5.02 Å². The van der Waals surface area contributed by atoms with Crippen molar-refractivity contribution < 1.29 is 9.53 Å². The lowest BCUT2D eigenvalue weighted by atomic mass is 9.91. The van der Waals surface area contributed by atoms with E-state index < -0.39 is 0 Å². The third-order valence-electron chi connectivity index (χ3n) is 4.36. The Bertz CT molecular complexity index is 507. The highest BCUT2D eigenvalue weighted by molar-refractivity contribution is 6.30. The molecule has 0 aliphatic carbocycles. The van der Waals surface area contributed by atoms with Crippen LogP contribution in [-0.2, 0) is 4.74 Å². The van der Waals surface area contributed by atoms with E-state index in [0.29, 0.717) is 16.8 Å². The highest BCUT2D eigenvalue weighted by Crippen LogP contribution is 2.28. The van der Waals surface area contributed by atoms with E-state index in [4.69, 9.17) is 16.3 Å². The normalized spacial score (nSPS) is 26.0. The Labute approximate surface area is 130 Å². The van der Waals surface area contributed by atoms with E-state index in [1.807, 2.05) is 0 Å². The molecule has 21 heavy (non-hydrogen) atoms. The van der Waals surface area contributed by atoms with Gasteiger partial charge in [0.1, 0.15) is 6.10 Å². The lowest BCUT2D eigenvalue weighted by molar-refractivity contribution is -0.0156. The number of hydrogen-bond donors (Lipinski definition) is 1. The van der Waals surface area contributed by atoms with Crippen molar-refractivity contribution in [3.8, 4) is 0 Å². The van der Waals surface area contributed by atoms with Gasteiger partial charge in [-0.25, -0.2) is 4.79 Å². The number of carbonyl (C=O) groups excluding carboxylic acids is 1. The highest BCUT2D eigenvalue weighted by Gasteiger charge is 2.35. The summed E-state index contributed by atoms with van der Waals surface area (Å²) in [4.78, 5) is 14.5. The predicted molar refractivity (Wildman–Crippen MR) is 83.8 cm³/mol. The van der Waals surface area contributed by atoms with Crippen LogP contribution in [0.25, 0.3) is 0 Å². The van der Waals surface area contributed by atoms with Gasteiger partial charge >= 0.3 is 6.09 Å². The second kappa shape index (κ2) is 6.67. The lowest BCUT2D eigenvalue weighted by Gasteiger charge is -2.43. The fraction of sp³-hybridized carbons (Fsp3) is 0.562. The Morgan fingerprint density at radius 1 is 1.24 bits per heavy atom. The summed E-state index contributed by atoms with van der Waals surface area (Å²) in [5, 5.41) is 3.36. The van der Waals surface area contributed by atoms with Gasteiger partial charge in [-0.1, -0.05) is 24.1 Å². The SMILES string of the molecule is O=C(Nc1cccc(Cl)c1)OC1CCCN2CCCCC12. The van der Waals surface area contributed by atoms with Gasteiger partial charge in [0.15, 0.2) is 0 Å². The van der Waals surface area contributed by atoms with Gasteiger partial charge in [0.2, 0.25) is 0 Å². The lowest BCUT2D eigenvalue weighted by Crippen LogP contribution is -2.52. The first-order valence-electron chi connectivity index (χ1n) is 7.69. The van der Waals surface area contributed by atoms with Gasteiger partial charge in [-0.3, -0.25) is 10.2 Å².